The Morgan fingerprint density at radius 1 is 1.41 bits per heavy atom. The highest BCUT2D eigenvalue weighted by Gasteiger charge is 2.46. The number of hydrogen-bond acceptors (Lipinski definition) is 1. The van der Waals surface area contributed by atoms with Crippen molar-refractivity contribution in [3.63, 3.8) is 0 Å². The molecule has 0 aromatic heterocycles. The van der Waals surface area contributed by atoms with Gasteiger partial charge in [-0.15, -0.1) is 6.58 Å². The van der Waals surface area contributed by atoms with Crippen LogP contribution >= 0.6 is 0 Å². The quantitative estimate of drug-likeness (QED) is 0.564. The predicted octanol–water partition coefficient (Wildman–Crippen LogP) is 3.41. The summed E-state index contributed by atoms with van der Waals surface area (Å²) in [6.07, 6.45) is 4.27. The summed E-state index contributed by atoms with van der Waals surface area (Å²) >= 11 is 0. The van der Waals surface area contributed by atoms with E-state index in [1.165, 1.54) is 0 Å². The Bertz CT molecular complexity index is 432. The Labute approximate surface area is 103 Å². The zero-order chi connectivity index (χ0) is 12.1. The molecule has 1 aliphatic carbocycles. The topological polar surface area (TPSA) is 9.23 Å². The van der Waals surface area contributed by atoms with E-state index in [0.29, 0.717) is 6.61 Å². The van der Waals surface area contributed by atoms with Crippen LogP contribution in [0.3, 0.4) is 0 Å². The van der Waals surface area contributed by atoms with Crippen molar-refractivity contribution in [1.29, 1.82) is 0 Å². The molecule has 1 aromatic carbocycles. The van der Waals surface area contributed by atoms with Crippen molar-refractivity contribution in [1.82, 2.24) is 0 Å². The summed E-state index contributed by atoms with van der Waals surface area (Å²) in [6, 6.07) is 10.1. The van der Waals surface area contributed by atoms with Gasteiger partial charge in [-0.1, -0.05) is 36.1 Å². The van der Waals surface area contributed by atoms with Crippen LogP contribution in [0.2, 0.25) is 0 Å². The molecule has 88 valence electrons. The maximum atomic E-state index is 5.69. The van der Waals surface area contributed by atoms with Crippen LogP contribution in [0.1, 0.15) is 25.3 Å². The summed E-state index contributed by atoms with van der Waals surface area (Å²) in [4.78, 5) is 0. The molecule has 0 spiro atoms. The van der Waals surface area contributed by atoms with E-state index < -0.39 is 0 Å². The van der Waals surface area contributed by atoms with Gasteiger partial charge < -0.3 is 4.74 Å². The first kappa shape index (κ1) is 12.0. The molecular formula is C16H18O. The lowest BCUT2D eigenvalue weighted by atomic mass is 10.0. The van der Waals surface area contributed by atoms with E-state index in [4.69, 9.17) is 4.74 Å². The minimum atomic E-state index is 0.0822. The van der Waals surface area contributed by atoms with Gasteiger partial charge in [-0.05, 0) is 31.9 Å². The standard InChI is InChI=1S/C16H18O/c1-3-13-17-14(2)16(11-12-16)10-9-15-7-5-4-6-8-15/h3-8,14H,1,11-13H2,2H3. The highest BCUT2D eigenvalue weighted by Crippen LogP contribution is 2.49. The highest BCUT2D eigenvalue weighted by atomic mass is 16.5. The van der Waals surface area contributed by atoms with Gasteiger partial charge in [0.2, 0.25) is 0 Å². The van der Waals surface area contributed by atoms with Gasteiger partial charge in [0.1, 0.15) is 0 Å². The Balaban J connectivity index is 2.03. The van der Waals surface area contributed by atoms with Crippen molar-refractivity contribution in [2.75, 3.05) is 6.61 Å². The average molecular weight is 226 g/mol. The molecule has 1 fully saturated rings. The molecule has 1 heteroatoms. The fourth-order valence-corrected chi connectivity index (χ4v) is 1.86. The molecule has 17 heavy (non-hydrogen) atoms. The van der Waals surface area contributed by atoms with E-state index in [-0.39, 0.29) is 11.5 Å². The SMILES string of the molecule is C=CCOC(C)C1(C#Cc2ccccc2)CC1. The molecule has 0 N–H and O–H groups in total. The monoisotopic (exact) mass is 226 g/mol. The molecule has 1 atom stereocenters. The number of benzene rings is 1. The van der Waals surface area contributed by atoms with Crippen molar-refractivity contribution in [3.8, 4) is 11.8 Å². The lowest BCUT2D eigenvalue weighted by molar-refractivity contribution is 0.0521. The van der Waals surface area contributed by atoms with Crippen molar-refractivity contribution < 1.29 is 4.74 Å². The fourth-order valence-electron chi connectivity index (χ4n) is 1.86. The number of ether oxygens (including phenoxy) is 1. The summed E-state index contributed by atoms with van der Waals surface area (Å²) in [5.74, 6) is 6.63. The van der Waals surface area contributed by atoms with Crippen LogP contribution in [0, 0.1) is 17.3 Å². The minimum Gasteiger partial charge on any atom is -0.373 e. The van der Waals surface area contributed by atoms with Gasteiger partial charge in [0, 0.05) is 5.56 Å². The number of hydrogen-bond donors (Lipinski definition) is 0. The maximum Gasteiger partial charge on any atom is 0.0716 e. The molecule has 0 amide bonds. The predicted molar refractivity (Wildman–Crippen MR) is 70.6 cm³/mol. The summed E-state index contributed by atoms with van der Waals surface area (Å²) in [5.41, 5.74) is 1.16. The lowest BCUT2D eigenvalue weighted by Gasteiger charge is -2.17. The Hall–Kier alpha value is -1.52. The molecule has 1 nitrogen and oxygen atoms in total. The average Bonchev–Trinajstić information content (AvgIpc) is 3.16. The molecule has 0 heterocycles. The van der Waals surface area contributed by atoms with Crippen LogP contribution in [-0.2, 0) is 4.74 Å². The van der Waals surface area contributed by atoms with Gasteiger partial charge >= 0.3 is 0 Å². The normalized spacial score (nSPS) is 17.7. The van der Waals surface area contributed by atoms with Gasteiger partial charge in [0.15, 0.2) is 0 Å². The van der Waals surface area contributed by atoms with Crippen molar-refractivity contribution in [2.45, 2.75) is 25.9 Å². The van der Waals surface area contributed by atoms with Crippen LogP contribution in [0.25, 0.3) is 0 Å². The van der Waals surface area contributed by atoms with Crippen LogP contribution in [0.5, 0.6) is 0 Å². The third-order valence-corrected chi connectivity index (χ3v) is 3.26. The largest absolute Gasteiger partial charge is 0.373 e. The third kappa shape index (κ3) is 2.99. The Kier molecular flexibility index (Phi) is 3.66. The first-order valence-electron chi connectivity index (χ1n) is 6.07. The lowest BCUT2D eigenvalue weighted by Crippen LogP contribution is -2.20. The molecule has 0 saturated heterocycles. The Morgan fingerprint density at radius 2 is 2.12 bits per heavy atom. The maximum absolute atomic E-state index is 5.69. The summed E-state index contributed by atoms with van der Waals surface area (Å²) in [7, 11) is 0. The minimum absolute atomic E-state index is 0.0822. The summed E-state index contributed by atoms with van der Waals surface area (Å²) in [6.45, 7) is 6.38. The van der Waals surface area contributed by atoms with E-state index >= 15 is 0 Å². The van der Waals surface area contributed by atoms with Crippen molar-refractivity contribution in [3.05, 3.63) is 48.6 Å². The smallest absolute Gasteiger partial charge is 0.0716 e. The third-order valence-electron chi connectivity index (χ3n) is 3.26. The van der Waals surface area contributed by atoms with E-state index in [2.05, 4.69) is 25.3 Å². The van der Waals surface area contributed by atoms with Gasteiger partial charge in [-0.25, -0.2) is 0 Å². The van der Waals surface area contributed by atoms with Crippen LogP contribution < -0.4 is 0 Å². The molecule has 1 aromatic rings. The fraction of sp³-hybridized carbons (Fsp3) is 0.375. The van der Waals surface area contributed by atoms with E-state index in [0.717, 1.165) is 18.4 Å². The molecule has 0 bridgehead atoms. The summed E-state index contributed by atoms with van der Waals surface area (Å²) < 4.78 is 5.69. The molecule has 2 rings (SSSR count). The van der Waals surface area contributed by atoms with Crippen molar-refractivity contribution in [2.24, 2.45) is 5.41 Å². The zero-order valence-electron chi connectivity index (χ0n) is 10.3. The molecule has 1 aliphatic rings. The van der Waals surface area contributed by atoms with E-state index in [1.807, 2.05) is 30.3 Å². The second-order valence-electron chi connectivity index (χ2n) is 4.54. The van der Waals surface area contributed by atoms with Crippen molar-refractivity contribution >= 4 is 0 Å². The first-order valence-corrected chi connectivity index (χ1v) is 6.07. The highest BCUT2D eigenvalue weighted by molar-refractivity contribution is 5.37. The first-order chi connectivity index (χ1) is 8.27. The molecule has 1 unspecified atom stereocenters. The van der Waals surface area contributed by atoms with Gasteiger partial charge in [-0.3, -0.25) is 0 Å². The van der Waals surface area contributed by atoms with Crippen LogP contribution in [0.4, 0.5) is 0 Å². The van der Waals surface area contributed by atoms with Crippen LogP contribution in [0.15, 0.2) is 43.0 Å². The molecule has 0 aliphatic heterocycles. The molecule has 0 radical (unpaired) electrons. The van der Waals surface area contributed by atoms with Gasteiger partial charge in [0.25, 0.3) is 0 Å². The van der Waals surface area contributed by atoms with E-state index in [1.54, 1.807) is 6.08 Å². The Morgan fingerprint density at radius 3 is 2.71 bits per heavy atom. The number of rotatable bonds is 4. The second kappa shape index (κ2) is 5.21. The zero-order valence-corrected chi connectivity index (χ0v) is 10.3. The van der Waals surface area contributed by atoms with Gasteiger partial charge in [-0.2, -0.15) is 0 Å². The molecular weight excluding hydrogens is 208 g/mol. The van der Waals surface area contributed by atoms with Gasteiger partial charge in [0.05, 0.1) is 18.1 Å². The van der Waals surface area contributed by atoms with Crippen LogP contribution in [-0.4, -0.2) is 12.7 Å². The summed E-state index contributed by atoms with van der Waals surface area (Å²) in [5, 5.41) is 0. The van der Waals surface area contributed by atoms with E-state index in [9.17, 15) is 0 Å². The molecule has 1 saturated carbocycles. The second-order valence-corrected chi connectivity index (χ2v) is 4.54.